The van der Waals surface area contributed by atoms with E-state index in [9.17, 15) is 9.00 Å². The molecule has 1 aromatic heterocycles. The van der Waals surface area contributed by atoms with Crippen LogP contribution in [0, 0.1) is 6.92 Å². The molecule has 1 unspecified atom stereocenters. The van der Waals surface area contributed by atoms with Crippen LogP contribution in [0.15, 0.2) is 36.4 Å². The Balaban J connectivity index is 1.98. The summed E-state index contributed by atoms with van der Waals surface area (Å²) in [6.07, 6.45) is 0.935. The highest BCUT2D eigenvalue weighted by Crippen LogP contribution is 2.18. The molecule has 0 saturated carbocycles. The van der Waals surface area contributed by atoms with Crippen molar-refractivity contribution >= 4 is 27.9 Å². The quantitative estimate of drug-likeness (QED) is 0.762. The van der Waals surface area contributed by atoms with Crippen molar-refractivity contribution in [1.29, 1.82) is 0 Å². The molecule has 0 saturated heterocycles. The van der Waals surface area contributed by atoms with Crippen molar-refractivity contribution in [2.45, 2.75) is 26.0 Å². The van der Waals surface area contributed by atoms with Gasteiger partial charge in [0, 0.05) is 21.4 Å². The van der Waals surface area contributed by atoms with Crippen LogP contribution in [-0.4, -0.2) is 15.7 Å². The Kier molecular flexibility index (Phi) is 5.26. The molecule has 0 amide bonds. The molecule has 1 heterocycles. The van der Waals surface area contributed by atoms with E-state index in [-0.39, 0.29) is 11.5 Å². The summed E-state index contributed by atoms with van der Waals surface area (Å²) < 4.78 is 12.1. The Bertz CT molecular complexity index is 629. The van der Waals surface area contributed by atoms with Gasteiger partial charge >= 0.3 is 0 Å². The number of carbonyl (C=O) groups excluding carboxylic acids is 1. The first-order valence-electron chi connectivity index (χ1n) is 6.61. The number of carbonyl (C=O) groups is 1. The maximum Gasteiger partial charge on any atom is 0.185 e. The molecule has 106 valence electrons. The van der Waals surface area contributed by atoms with Crippen molar-refractivity contribution < 1.29 is 9.00 Å². The van der Waals surface area contributed by atoms with Gasteiger partial charge in [0.1, 0.15) is 0 Å². The number of hydrogen-bond donors (Lipinski definition) is 0. The topological polar surface area (TPSA) is 34.1 Å². The third-order valence-electron chi connectivity index (χ3n) is 3.15. The lowest BCUT2D eigenvalue weighted by Crippen LogP contribution is -2.11. The van der Waals surface area contributed by atoms with E-state index in [2.05, 4.69) is 6.92 Å². The maximum absolute atomic E-state index is 12.1. The minimum Gasteiger partial charge on any atom is -0.292 e. The second kappa shape index (κ2) is 6.95. The molecule has 0 N–H and O–H groups in total. The molecule has 1 aromatic carbocycles. The Morgan fingerprint density at radius 3 is 2.60 bits per heavy atom. The molecule has 0 aliphatic carbocycles. The summed E-state index contributed by atoms with van der Waals surface area (Å²) in [6, 6.07) is 11.7. The van der Waals surface area contributed by atoms with Crippen molar-refractivity contribution in [3.05, 3.63) is 57.3 Å². The zero-order chi connectivity index (χ0) is 14.5. The number of ketones is 1. The van der Waals surface area contributed by atoms with Crippen LogP contribution in [-0.2, 0) is 23.0 Å². The highest BCUT2D eigenvalue weighted by Gasteiger charge is 2.13. The lowest BCUT2D eigenvalue weighted by Gasteiger charge is -2.04. The molecule has 2 rings (SSSR count). The van der Waals surface area contributed by atoms with Crippen LogP contribution in [0.4, 0.5) is 0 Å². The lowest BCUT2D eigenvalue weighted by molar-refractivity contribution is 0.102. The first-order chi connectivity index (χ1) is 9.60. The summed E-state index contributed by atoms with van der Waals surface area (Å²) in [5.41, 5.74) is 2.18. The average Bonchev–Trinajstić information content (AvgIpc) is 2.90. The molecule has 20 heavy (non-hydrogen) atoms. The Morgan fingerprint density at radius 2 is 1.95 bits per heavy atom. The smallest absolute Gasteiger partial charge is 0.185 e. The molecule has 2 nitrogen and oxygen atoms in total. The SMILES string of the molecule is CCc1ccc(C(=O)CS(=O)Cc2ccccc2C)s1. The second-order valence-corrected chi connectivity index (χ2v) is 7.32. The second-order valence-electron chi connectivity index (χ2n) is 4.70. The Morgan fingerprint density at radius 1 is 1.20 bits per heavy atom. The number of Topliss-reactive ketones (excluding diaryl/α,β-unsaturated/α-hetero) is 1. The minimum absolute atomic E-state index is 0.0124. The predicted molar refractivity (Wildman–Crippen MR) is 85.9 cm³/mol. The van der Waals surface area contributed by atoms with Crippen LogP contribution in [0.25, 0.3) is 0 Å². The molecule has 0 fully saturated rings. The number of benzene rings is 1. The molecule has 0 aliphatic heterocycles. The summed E-state index contributed by atoms with van der Waals surface area (Å²) in [4.78, 5) is 14.0. The summed E-state index contributed by atoms with van der Waals surface area (Å²) in [5.74, 6) is 0.546. The van der Waals surface area contributed by atoms with Gasteiger partial charge in [-0.05, 0) is 36.6 Å². The van der Waals surface area contributed by atoms with Gasteiger partial charge in [-0.3, -0.25) is 9.00 Å². The summed E-state index contributed by atoms with van der Waals surface area (Å²) in [6.45, 7) is 4.07. The zero-order valence-electron chi connectivity index (χ0n) is 11.7. The van der Waals surface area contributed by atoms with Crippen LogP contribution in [0.5, 0.6) is 0 Å². The van der Waals surface area contributed by atoms with E-state index in [0.29, 0.717) is 5.75 Å². The van der Waals surface area contributed by atoms with Crippen molar-refractivity contribution in [2.24, 2.45) is 0 Å². The third kappa shape index (κ3) is 3.87. The zero-order valence-corrected chi connectivity index (χ0v) is 13.4. The minimum atomic E-state index is -1.15. The van der Waals surface area contributed by atoms with E-state index in [1.54, 1.807) is 0 Å². The van der Waals surface area contributed by atoms with Crippen molar-refractivity contribution in [3.63, 3.8) is 0 Å². The van der Waals surface area contributed by atoms with Crippen LogP contribution in [0.2, 0.25) is 0 Å². The van der Waals surface area contributed by atoms with Gasteiger partial charge in [0.2, 0.25) is 0 Å². The van der Waals surface area contributed by atoms with Gasteiger partial charge in [-0.15, -0.1) is 11.3 Å². The van der Waals surface area contributed by atoms with Gasteiger partial charge in [0.25, 0.3) is 0 Å². The lowest BCUT2D eigenvalue weighted by atomic mass is 10.1. The molecule has 0 bridgehead atoms. The average molecular weight is 306 g/mol. The fourth-order valence-electron chi connectivity index (χ4n) is 1.93. The van der Waals surface area contributed by atoms with Gasteiger partial charge in [-0.25, -0.2) is 0 Å². The van der Waals surface area contributed by atoms with Gasteiger partial charge < -0.3 is 0 Å². The van der Waals surface area contributed by atoms with Gasteiger partial charge in [0.05, 0.1) is 10.6 Å². The summed E-state index contributed by atoms with van der Waals surface area (Å²) in [7, 11) is -1.15. The molecule has 2 aromatic rings. The molecule has 0 aliphatic rings. The van der Waals surface area contributed by atoms with Gasteiger partial charge in [-0.1, -0.05) is 31.2 Å². The summed E-state index contributed by atoms with van der Waals surface area (Å²) in [5, 5.41) is 0. The maximum atomic E-state index is 12.1. The largest absolute Gasteiger partial charge is 0.292 e. The monoisotopic (exact) mass is 306 g/mol. The third-order valence-corrected chi connectivity index (χ3v) is 5.64. The molecular weight excluding hydrogens is 288 g/mol. The van der Waals surface area contributed by atoms with Crippen molar-refractivity contribution in [1.82, 2.24) is 0 Å². The highest BCUT2D eigenvalue weighted by molar-refractivity contribution is 7.85. The van der Waals surface area contributed by atoms with E-state index in [4.69, 9.17) is 0 Å². The van der Waals surface area contributed by atoms with E-state index in [1.807, 2.05) is 43.3 Å². The van der Waals surface area contributed by atoms with Crippen molar-refractivity contribution in [2.75, 3.05) is 5.75 Å². The summed E-state index contributed by atoms with van der Waals surface area (Å²) >= 11 is 1.51. The highest BCUT2D eigenvalue weighted by atomic mass is 32.2. The van der Waals surface area contributed by atoms with E-state index < -0.39 is 10.8 Å². The number of hydrogen-bond acceptors (Lipinski definition) is 3. The van der Waals surface area contributed by atoms with Crippen LogP contribution in [0.3, 0.4) is 0 Å². The fraction of sp³-hybridized carbons (Fsp3) is 0.312. The van der Waals surface area contributed by atoms with Crippen LogP contribution in [0.1, 0.15) is 32.6 Å². The molecular formula is C16H18O2S2. The van der Waals surface area contributed by atoms with Gasteiger partial charge in [0.15, 0.2) is 5.78 Å². The number of aryl methyl sites for hydroxylation is 2. The van der Waals surface area contributed by atoms with Crippen molar-refractivity contribution in [3.8, 4) is 0 Å². The normalized spacial score (nSPS) is 12.3. The van der Waals surface area contributed by atoms with E-state index in [0.717, 1.165) is 22.4 Å². The van der Waals surface area contributed by atoms with E-state index >= 15 is 0 Å². The standard InChI is InChI=1S/C16H18O2S2/c1-3-14-8-9-16(19-14)15(17)11-20(18)10-13-7-5-4-6-12(13)2/h4-9H,3,10-11H2,1-2H3. The predicted octanol–water partition coefficient (Wildman–Crippen LogP) is 3.75. The Hall–Kier alpha value is -1.26. The van der Waals surface area contributed by atoms with Gasteiger partial charge in [-0.2, -0.15) is 0 Å². The van der Waals surface area contributed by atoms with Crippen LogP contribution >= 0.6 is 11.3 Å². The first-order valence-corrected chi connectivity index (χ1v) is 8.92. The first kappa shape index (κ1) is 15.1. The number of thiophene rings is 1. The molecule has 0 spiro atoms. The fourth-order valence-corrected chi connectivity index (χ4v) is 4.13. The van der Waals surface area contributed by atoms with E-state index in [1.165, 1.54) is 16.2 Å². The van der Waals surface area contributed by atoms with Crippen LogP contribution < -0.4 is 0 Å². The molecule has 0 radical (unpaired) electrons. The number of rotatable bonds is 6. The molecule has 4 heteroatoms. The molecule has 1 atom stereocenters. The Labute approximate surface area is 126 Å².